The second kappa shape index (κ2) is 14.8. The minimum absolute atomic E-state index is 0.398. The van der Waals surface area contributed by atoms with Crippen molar-refractivity contribution in [1.82, 2.24) is 0 Å². The van der Waals surface area contributed by atoms with Crippen LogP contribution >= 0.6 is 23.5 Å². The van der Waals surface area contributed by atoms with Gasteiger partial charge in [0.2, 0.25) is 0 Å². The van der Waals surface area contributed by atoms with Gasteiger partial charge in [-0.15, -0.1) is 0 Å². The van der Waals surface area contributed by atoms with E-state index in [-0.39, 0.29) is 0 Å². The van der Waals surface area contributed by atoms with Crippen molar-refractivity contribution in [2.45, 2.75) is 67.5 Å². The molecule has 0 heterocycles. The van der Waals surface area contributed by atoms with Crippen LogP contribution in [0.3, 0.4) is 0 Å². The van der Waals surface area contributed by atoms with Gasteiger partial charge in [0, 0.05) is 0 Å². The van der Waals surface area contributed by atoms with Gasteiger partial charge in [0.25, 0.3) is 0 Å². The van der Waals surface area contributed by atoms with Gasteiger partial charge in [-0.25, -0.2) is 0 Å². The van der Waals surface area contributed by atoms with Crippen molar-refractivity contribution < 1.29 is 0 Å². The molecule has 0 aliphatic heterocycles. The van der Waals surface area contributed by atoms with Gasteiger partial charge < -0.3 is 0 Å². The van der Waals surface area contributed by atoms with Crippen molar-refractivity contribution in [2.75, 3.05) is 0 Å². The molecule has 0 aromatic heterocycles. The molecule has 6 aromatic carbocycles. The summed E-state index contributed by atoms with van der Waals surface area (Å²) in [6, 6.07) is 40.8. The third kappa shape index (κ3) is 6.85. The van der Waals surface area contributed by atoms with E-state index in [0.29, 0.717) is 2.29 Å². The normalized spacial score (nSPS) is 11.4. The van der Waals surface area contributed by atoms with Gasteiger partial charge in [-0.1, -0.05) is 0 Å². The van der Waals surface area contributed by atoms with Crippen LogP contribution in [0.15, 0.2) is 119 Å². The van der Waals surface area contributed by atoms with Crippen LogP contribution in [-0.2, 0) is 0 Å². The summed E-state index contributed by atoms with van der Waals surface area (Å²) in [5.41, 5.74) is 21.4. The van der Waals surface area contributed by atoms with Crippen LogP contribution in [0.5, 0.6) is 0 Å². The first-order valence-corrected chi connectivity index (χ1v) is 21.0. The van der Waals surface area contributed by atoms with Crippen molar-refractivity contribution in [2.24, 2.45) is 0 Å². The van der Waals surface area contributed by atoms with E-state index in [9.17, 15) is 0 Å². The molecule has 0 N–H and O–H groups in total. The number of hydrogen-bond acceptors (Lipinski definition) is 2. The van der Waals surface area contributed by atoms with Crippen molar-refractivity contribution in [1.29, 1.82) is 0 Å². The number of hydrogen-bond donors (Lipinski definition) is 0. The van der Waals surface area contributed by atoms with Gasteiger partial charge in [-0.3, -0.25) is 0 Å². The molecule has 0 bridgehead atoms. The molecular weight excluding hydrogens is 814 g/mol. The summed E-state index contributed by atoms with van der Waals surface area (Å²) in [6.07, 6.45) is 0. The number of rotatable bonds is 8. The fourth-order valence-corrected chi connectivity index (χ4v) is 12.2. The molecule has 0 amide bonds. The molecule has 6 aromatic rings. The Labute approximate surface area is 311 Å². The molecule has 0 atom stereocenters. The van der Waals surface area contributed by atoms with E-state index >= 15 is 0 Å². The van der Waals surface area contributed by atoms with Gasteiger partial charge in [-0.2, -0.15) is 0 Å². The quantitative estimate of drug-likeness (QED) is 0.0850. The molecule has 0 saturated heterocycles. The molecule has 0 saturated carbocycles. The first-order chi connectivity index (χ1) is 23.1. The van der Waals surface area contributed by atoms with Crippen LogP contribution in [0.2, 0.25) is 0 Å². The molecule has 0 fully saturated rings. The van der Waals surface area contributed by atoms with E-state index in [4.69, 9.17) is 0 Å². The molecule has 242 valence electrons. The first kappa shape index (κ1) is 34.8. The second-order valence-electron chi connectivity index (χ2n) is 13.0. The Hall–Kier alpha value is -3.10. The molecule has 0 aliphatic carbocycles. The van der Waals surface area contributed by atoms with Crippen molar-refractivity contribution in [3.63, 3.8) is 0 Å². The average Bonchev–Trinajstić information content (AvgIpc) is 3.07. The van der Waals surface area contributed by atoms with Gasteiger partial charge in [0.1, 0.15) is 0 Å². The summed E-state index contributed by atoms with van der Waals surface area (Å²) in [5, 5.41) is 0. The van der Waals surface area contributed by atoms with Crippen LogP contribution < -0.4 is 0 Å². The predicted molar refractivity (Wildman–Crippen MR) is 217 cm³/mol. The summed E-state index contributed by atoms with van der Waals surface area (Å²) in [4.78, 5) is 2.77. The molecular formula is C45H45BiS2. The topological polar surface area (TPSA) is 0 Å². The van der Waals surface area contributed by atoms with Crippen molar-refractivity contribution in [3.8, 4) is 44.5 Å². The molecule has 0 unspecified atom stereocenters. The third-order valence-corrected chi connectivity index (χ3v) is 15.6. The van der Waals surface area contributed by atoms with E-state index in [0.717, 1.165) is 24.7 Å². The maximum atomic E-state index is 2.34. The van der Waals surface area contributed by atoms with E-state index in [1.807, 2.05) is 0 Å². The molecule has 0 aliphatic rings. The Balaban J connectivity index is 1.53. The molecule has 0 radical (unpaired) electrons. The summed E-state index contributed by atoms with van der Waals surface area (Å²) < 4.78 is 0.398. The average molecular weight is 859 g/mol. The van der Waals surface area contributed by atoms with Gasteiger partial charge >= 0.3 is 314 Å². The van der Waals surface area contributed by atoms with Crippen molar-refractivity contribution >= 4 is 48.2 Å². The monoisotopic (exact) mass is 858 g/mol. The molecule has 3 heteroatoms. The summed E-state index contributed by atoms with van der Waals surface area (Å²) in [6.45, 7) is 18.0. The van der Waals surface area contributed by atoms with Crippen molar-refractivity contribution in [3.05, 3.63) is 154 Å². The second-order valence-corrected chi connectivity index (χ2v) is 21.9. The Morgan fingerprint density at radius 3 is 0.792 bits per heavy atom. The first-order valence-electron chi connectivity index (χ1n) is 16.7. The van der Waals surface area contributed by atoms with Gasteiger partial charge in [0.15, 0.2) is 0 Å². The van der Waals surface area contributed by atoms with Crippen LogP contribution in [0.4, 0.5) is 0 Å². The zero-order valence-corrected chi connectivity index (χ0v) is 35.5. The van der Waals surface area contributed by atoms with Gasteiger partial charge in [0.05, 0.1) is 0 Å². The zero-order valence-electron chi connectivity index (χ0n) is 29.4. The summed E-state index contributed by atoms with van der Waals surface area (Å²) >= 11 is 4.88. The fraction of sp³-hybridized carbons (Fsp3) is 0.200. The Morgan fingerprint density at radius 2 is 0.542 bits per heavy atom. The van der Waals surface area contributed by atoms with Gasteiger partial charge in [-0.05, 0) is 0 Å². The van der Waals surface area contributed by atoms with E-state index < -0.39 is 0 Å². The zero-order chi connectivity index (χ0) is 34.1. The Bertz CT molecular complexity index is 1850. The van der Waals surface area contributed by atoms with Crippen LogP contribution in [-0.4, -0.2) is 27.0 Å². The fourth-order valence-electron chi connectivity index (χ4n) is 6.60. The molecule has 0 nitrogen and oxygen atoms in total. The number of aryl methyl sites for hydroxylation is 4. The maximum absolute atomic E-state index is 2.34. The molecule has 48 heavy (non-hydrogen) atoms. The SMILES string of the molecule is Cc1cccc(-c2cccc(-c3cccc(C)c3C)c2S[CH]([BiH2])Sc2c(-c3cccc(C)c3C)cccc2-c2cccc(C)c2C)c1C. The molecule has 0 spiro atoms. The number of thioether (sulfide) groups is 2. The minimum atomic E-state index is 0.398. The standard InChI is InChI=1S/C45H43S2.Bi.2H/c1-28-15-9-19-36(32(28)5)40-23-13-24-41(37-20-10-16-29(2)33(37)6)44(40)46-27-47-45-42(38-21-11-17-30(3)34(38)7)25-14-26-43(45)39-22-12-18-31(4)35(39)8;;;/h9-27H,1-8H3;;;. The Kier molecular flexibility index (Phi) is 10.7. The van der Waals surface area contributed by atoms with E-state index in [2.05, 4.69) is 188 Å². The van der Waals surface area contributed by atoms with Crippen LogP contribution in [0.25, 0.3) is 44.5 Å². The van der Waals surface area contributed by atoms with E-state index in [1.165, 1.54) is 98.8 Å². The predicted octanol–water partition coefficient (Wildman–Crippen LogP) is 12.6. The Morgan fingerprint density at radius 1 is 0.333 bits per heavy atom. The number of benzene rings is 6. The summed E-state index contributed by atoms with van der Waals surface area (Å²) in [5.74, 6) is 0. The third-order valence-electron chi connectivity index (χ3n) is 10.1. The van der Waals surface area contributed by atoms with E-state index in [1.54, 1.807) is 0 Å². The van der Waals surface area contributed by atoms with Crippen LogP contribution in [0.1, 0.15) is 44.5 Å². The molecule has 6 rings (SSSR count). The van der Waals surface area contributed by atoms with Crippen LogP contribution in [0, 0.1) is 55.4 Å². The summed E-state index contributed by atoms with van der Waals surface area (Å²) in [7, 11) is 0.